The molecule has 8 heteroatoms. The summed E-state index contributed by atoms with van der Waals surface area (Å²) < 4.78 is 0. The van der Waals surface area contributed by atoms with E-state index in [1.807, 2.05) is 0 Å². The molecule has 0 aromatic carbocycles. The first kappa shape index (κ1) is 15.2. The zero-order chi connectivity index (χ0) is 13.3. The second-order valence-corrected chi connectivity index (χ2v) is 3.45. The Kier molecular flexibility index (Phi) is 7.44. The molecule has 0 spiro atoms. The van der Waals surface area contributed by atoms with Crippen LogP contribution in [0.1, 0.15) is 19.3 Å². The second-order valence-electron chi connectivity index (χ2n) is 3.45. The summed E-state index contributed by atoms with van der Waals surface area (Å²) in [4.78, 5) is 25.7. The number of nitrogens with two attached hydrogens (primary N) is 3. The molecule has 17 heavy (non-hydrogen) atoms. The molecule has 0 saturated carbocycles. The summed E-state index contributed by atoms with van der Waals surface area (Å²) >= 11 is 0. The van der Waals surface area contributed by atoms with Crippen LogP contribution in [0, 0.1) is 0 Å². The molecule has 1 atom stereocenters. The SMILES string of the molecule is NCCC(=O)NC(CCCN=C(N)N)C(=O)O. The van der Waals surface area contributed by atoms with Crippen molar-refractivity contribution in [2.75, 3.05) is 13.1 Å². The molecule has 0 aliphatic carbocycles. The molecule has 8 nitrogen and oxygen atoms in total. The van der Waals surface area contributed by atoms with Crippen LogP contribution >= 0.6 is 0 Å². The van der Waals surface area contributed by atoms with E-state index in [0.29, 0.717) is 13.0 Å². The smallest absolute Gasteiger partial charge is 0.326 e. The van der Waals surface area contributed by atoms with Crippen LogP contribution < -0.4 is 22.5 Å². The van der Waals surface area contributed by atoms with Crippen molar-refractivity contribution in [3.8, 4) is 0 Å². The van der Waals surface area contributed by atoms with Crippen molar-refractivity contribution in [3.63, 3.8) is 0 Å². The van der Waals surface area contributed by atoms with Crippen LogP contribution in [0.3, 0.4) is 0 Å². The molecular formula is C9H19N5O3. The molecule has 0 aliphatic rings. The molecule has 98 valence electrons. The van der Waals surface area contributed by atoms with Gasteiger partial charge in [-0.2, -0.15) is 0 Å². The predicted octanol–water partition coefficient (Wildman–Crippen LogP) is -2.04. The summed E-state index contributed by atoms with van der Waals surface area (Å²) in [7, 11) is 0. The van der Waals surface area contributed by atoms with Gasteiger partial charge in [0.05, 0.1) is 0 Å². The Morgan fingerprint density at radius 1 is 1.35 bits per heavy atom. The third kappa shape index (κ3) is 8.03. The maximum absolute atomic E-state index is 11.2. The van der Waals surface area contributed by atoms with Gasteiger partial charge in [0, 0.05) is 19.5 Å². The lowest BCUT2D eigenvalue weighted by molar-refractivity contribution is -0.142. The first-order valence-electron chi connectivity index (χ1n) is 5.25. The number of carboxylic acid groups (broad SMARTS) is 1. The maximum atomic E-state index is 11.2. The average Bonchev–Trinajstić information content (AvgIpc) is 2.22. The zero-order valence-corrected chi connectivity index (χ0v) is 9.56. The normalized spacial score (nSPS) is 11.6. The van der Waals surface area contributed by atoms with Crippen LogP contribution in [-0.4, -0.2) is 42.1 Å². The van der Waals surface area contributed by atoms with Crippen LogP contribution in [0.15, 0.2) is 4.99 Å². The van der Waals surface area contributed by atoms with Gasteiger partial charge >= 0.3 is 5.97 Å². The first-order valence-corrected chi connectivity index (χ1v) is 5.25. The number of aliphatic carboxylic acids is 1. The molecule has 0 aliphatic heterocycles. The molecule has 1 amide bonds. The number of carboxylic acids is 1. The molecular weight excluding hydrogens is 226 g/mol. The van der Waals surface area contributed by atoms with Crippen LogP contribution in [0.2, 0.25) is 0 Å². The first-order chi connectivity index (χ1) is 7.97. The number of carbonyl (C=O) groups excluding carboxylic acids is 1. The minimum absolute atomic E-state index is 0.0379. The number of guanidine groups is 1. The Morgan fingerprint density at radius 3 is 2.47 bits per heavy atom. The number of rotatable bonds is 8. The number of aliphatic imine (C=N–C) groups is 1. The summed E-state index contributed by atoms with van der Waals surface area (Å²) in [5.41, 5.74) is 15.4. The highest BCUT2D eigenvalue weighted by Crippen LogP contribution is 1.99. The monoisotopic (exact) mass is 245 g/mol. The quantitative estimate of drug-likeness (QED) is 0.188. The molecule has 0 aromatic heterocycles. The van der Waals surface area contributed by atoms with E-state index in [4.69, 9.17) is 22.3 Å². The number of nitrogens with one attached hydrogen (secondary N) is 1. The Bertz CT molecular complexity index is 288. The van der Waals surface area contributed by atoms with Gasteiger partial charge in [-0.25, -0.2) is 4.79 Å². The summed E-state index contributed by atoms with van der Waals surface area (Å²) in [6.45, 7) is 0.519. The third-order valence-electron chi connectivity index (χ3n) is 1.95. The molecule has 0 radical (unpaired) electrons. The molecule has 0 bridgehead atoms. The lowest BCUT2D eigenvalue weighted by Gasteiger charge is -2.13. The highest BCUT2D eigenvalue weighted by Gasteiger charge is 2.18. The fraction of sp³-hybridized carbons (Fsp3) is 0.667. The summed E-state index contributed by atoms with van der Waals surface area (Å²) in [5, 5.41) is 11.2. The predicted molar refractivity (Wildman–Crippen MR) is 63.1 cm³/mol. The minimum atomic E-state index is -1.08. The van der Waals surface area contributed by atoms with Gasteiger partial charge in [-0.15, -0.1) is 0 Å². The fourth-order valence-electron chi connectivity index (χ4n) is 1.16. The van der Waals surface area contributed by atoms with Gasteiger partial charge in [0.2, 0.25) is 5.91 Å². The number of hydrogen-bond donors (Lipinski definition) is 5. The second kappa shape index (κ2) is 8.34. The summed E-state index contributed by atoms with van der Waals surface area (Å²) in [6, 6.07) is -0.928. The minimum Gasteiger partial charge on any atom is -0.480 e. The number of nitrogens with zero attached hydrogens (tertiary/aromatic N) is 1. The lowest BCUT2D eigenvalue weighted by atomic mass is 10.1. The topological polar surface area (TPSA) is 157 Å². The van der Waals surface area contributed by atoms with E-state index in [2.05, 4.69) is 10.3 Å². The largest absolute Gasteiger partial charge is 0.480 e. The Morgan fingerprint density at radius 2 is 2.00 bits per heavy atom. The summed E-state index contributed by atoms with van der Waals surface area (Å²) in [6.07, 6.45) is 0.845. The third-order valence-corrected chi connectivity index (χ3v) is 1.95. The van der Waals surface area contributed by atoms with E-state index < -0.39 is 12.0 Å². The zero-order valence-electron chi connectivity index (χ0n) is 9.56. The van der Waals surface area contributed by atoms with E-state index in [0.717, 1.165) is 0 Å². The molecule has 0 aromatic rings. The van der Waals surface area contributed by atoms with E-state index in [1.54, 1.807) is 0 Å². The van der Waals surface area contributed by atoms with Crippen molar-refractivity contribution in [3.05, 3.63) is 0 Å². The van der Waals surface area contributed by atoms with Gasteiger partial charge < -0.3 is 27.6 Å². The van der Waals surface area contributed by atoms with Gasteiger partial charge in [-0.1, -0.05) is 0 Å². The Labute approximate surface area is 99.2 Å². The van der Waals surface area contributed by atoms with Crippen molar-refractivity contribution in [2.24, 2.45) is 22.2 Å². The van der Waals surface area contributed by atoms with Gasteiger partial charge in [0.15, 0.2) is 5.96 Å². The van der Waals surface area contributed by atoms with Crippen molar-refractivity contribution < 1.29 is 14.7 Å². The molecule has 0 heterocycles. The molecule has 0 fully saturated rings. The van der Waals surface area contributed by atoms with Gasteiger partial charge in [-0.05, 0) is 12.8 Å². The van der Waals surface area contributed by atoms with Crippen molar-refractivity contribution in [1.29, 1.82) is 0 Å². The maximum Gasteiger partial charge on any atom is 0.326 e. The van der Waals surface area contributed by atoms with Crippen LogP contribution in [0.5, 0.6) is 0 Å². The molecule has 1 unspecified atom stereocenters. The average molecular weight is 245 g/mol. The highest BCUT2D eigenvalue weighted by atomic mass is 16.4. The van der Waals surface area contributed by atoms with E-state index in [9.17, 15) is 9.59 Å². The lowest BCUT2D eigenvalue weighted by Crippen LogP contribution is -2.41. The Hall–Kier alpha value is -1.83. The number of carbonyl (C=O) groups is 2. The van der Waals surface area contributed by atoms with Crippen molar-refractivity contribution in [2.45, 2.75) is 25.3 Å². The summed E-state index contributed by atoms with van der Waals surface area (Å²) in [5.74, 6) is -1.49. The van der Waals surface area contributed by atoms with Gasteiger partial charge in [0.25, 0.3) is 0 Å². The van der Waals surface area contributed by atoms with E-state index in [1.165, 1.54) is 0 Å². The van der Waals surface area contributed by atoms with Gasteiger partial charge in [-0.3, -0.25) is 9.79 Å². The molecule has 8 N–H and O–H groups in total. The molecule has 0 saturated heterocycles. The standard InChI is InChI=1S/C9H19N5O3/c10-4-3-7(15)14-6(8(16)17)2-1-5-13-9(11)12/h6H,1-5,10H2,(H,14,15)(H,16,17)(H4,11,12,13). The van der Waals surface area contributed by atoms with Crippen LogP contribution in [0.4, 0.5) is 0 Å². The highest BCUT2D eigenvalue weighted by molar-refractivity contribution is 5.83. The Balaban J connectivity index is 4.03. The number of hydrogen-bond acceptors (Lipinski definition) is 4. The number of amides is 1. The van der Waals surface area contributed by atoms with E-state index in [-0.39, 0.29) is 31.3 Å². The van der Waals surface area contributed by atoms with Gasteiger partial charge in [0.1, 0.15) is 6.04 Å². The van der Waals surface area contributed by atoms with Crippen LogP contribution in [-0.2, 0) is 9.59 Å². The molecule has 0 rings (SSSR count). The fourth-order valence-corrected chi connectivity index (χ4v) is 1.16. The van der Waals surface area contributed by atoms with E-state index >= 15 is 0 Å². The van der Waals surface area contributed by atoms with Crippen molar-refractivity contribution >= 4 is 17.8 Å². The van der Waals surface area contributed by atoms with Crippen LogP contribution in [0.25, 0.3) is 0 Å². The van der Waals surface area contributed by atoms with Crippen molar-refractivity contribution in [1.82, 2.24) is 5.32 Å².